The van der Waals surface area contributed by atoms with Gasteiger partial charge in [-0.3, -0.25) is 0 Å². The van der Waals surface area contributed by atoms with Crippen LogP contribution >= 0.6 is 0 Å². The van der Waals surface area contributed by atoms with Crippen LogP contribution in [0, 0.1) is 0 Å². The predicted octanol–water partition coefficient (Wildman–Crippen LogP) is -1.33. The van der Waals surface area contributed by atoms with Gasteiger partial charge in [-0.15, -0.1) is 0 Å². The lowest BCUT2D eigenvalue weighted by atomic mass is 10.5. The van der Waals surface area contributed by atoms with Gasteiger partial charge in [0.15, 0.2) is 0 Å². The lowest BCUT2D eigenvalue weighted by molar-refractivity contribution is 0.227. The molecular weight excluding hydrogens is 256 g/mol. The van der Waals surface area contributed by atoms with Crippen LogP contribution in [0.25, 0.3) is 0 Å². The summed E-state index contributed by atoms with van der Waals surface area (Å²) in [6, 6.07) is -0.0249. The number of hydrogen-bond donors (Lipinski definition) is 6. The average molecular weight is 274 g/mol. The van der Waals surface area contributed by atoms with E-state index in [4.69, 9.17) is 14.4 Å². The zero-order valence-electron chi connectivity index (χ0n) is 10.3. The largest absolute Gasteiger partial charge is 0.492 e. The van der Waals surface area contributed by atoms with Gasteiger partial charge in [0.05, 0.1) is 0 Å². The fourth-order valence-electron chi connectivity index (χ4n) is 1.20. The van der Waals surface area contributed by atoms with Gasteiger partial charge in [0.1, 0.15) is 0 Å². The topological polar surface area (TPSA) is 135 Å². The van der Waals surface area contributed by atoms with Gasteiger partial charge in [0.25, 0.3) is 0 Å². The van der Waals surface area contributed by atoms with Gasteiger partial charge in [0, 0.05) is 26.7 Å². The molecule has 0 unspecified atom stereocenters. The molecule has 0 fully saturated rings. The van der Waals surface area contributed by atoms with Crippen molar-refractivity contribution in [1.29, 1.82) is 0 Å². The molecule has 10 heteroatoms. The van der Waals surface area contributed by atoms with Gasteiger partial charge in [-0.2, -0.15) is 15.0 Å². The molecule has 0 saturated carbocycles. The first-order chi connectivity index (χ1) is 8.44. The highest BCUT2D eigenvalue weighted by Crippen LogP contribution is 2.09. The van der Waals surface area contributed by atoms with E-state index in [-0.39, 0.29) is 6.04 Å². The lowest BCUT2D eigenvalue weighted by Gasteiger charge is -2.10. The Balaban J connectivity index is 2.51. The first kappa shape index (κ1) is 14.6. The van der Waals surface area contributed by atoms with Crippen LogP contribution in [-0.4, -0.2) is 58.8 Å². The zero-order chi connectivity index (χ0) is 13.6. The number of hydrogen-bond acceptors (Lipinski definition) is 9. The van der Waals surface area contributed by atoms with Crippen LogP contribution in [-0.2, 0) is 0 Å². The van der Waals surface area contributed by atoms with Crippen LogP contribution < -0.4 is 16.0 Å². The Kier molecular flexibility index (Phi) is 5.21. The summed E-state index contributed by atoms with van der Waals surface area (Å²) >= 11 is 0. The highest BCUT2D eigenvalue weighted by molar-refractivity contribution is 6.56. The molecule has 0 aliphatic heterocycles. The molecule has 0 atom stereocenters. The van der Waals surface area contributed by atoms with Crippen LogP contribution in [0.3, 0.4) is 0 Å². The molecule has 0 radical (unpaired) electrons. The van der Waals surface area contributed by atoms with Crippen molar-refractivity contribution in [1.82, 2.24) is 15.0 Å². The molecule has 0 aliphatic rings. The molecule has 0 saturated heterocycles. The van der Waals surface area contributed by atoms with Crippen LogP contribution in [0.2, 0.25) is 6.04 Å². The van der Waals surface area contributed by atoms with Crippen molar-refractivity contribution in [2.75, 3.05) is 36.6 Å². The van der Waals surface area contributed by atoms with Crippen molar-refractivity contribution >= 4 is 26.6 Å². The van der Waals surface area contributed by atoms with Gasteiger partial charge in [-0.05, 0) is 6.42 Å². The second kappa shape index (κ2) is 6.44. The van der Waals surface area contributed by atoms with Crippen LogP contribution in [0.15, 0.2) is 0 Å². The molecule has 0 amide bonds. The molecule has 0 bridgehead atoms. The summed E-state index contributed by atoms with van der Waals surface area (Å²) in [5.41, 5.74) is 0. The molecule has 1 aromatic rings. The first-order valence-electron chi connectivity index (χ1n) is 5.47. The third-order valence-electron chi connectivity index (χ3n) is 2.05. The van der Waals surface area contributed by atoms with E-state index in [2.05, 4.69) is 30.9 Å². The normalized spacial score (nSPS) is 11.2. The van der Waals surface area contributed by atoms with Crippen LogP contribution in [0.5, 0.6) is 0 Å². The van der Waals surface area contributed by atoms with E-state index in [1.165, 1.54) is 0 Å². The van der Waals surface area contributed by atoms with Crippen molar-refractivity contribution in [3.63, 3.8) is 0 Å². The second-order valence-electron chi connectivity index (χ2n) is 3.61. The molecule has 1 rings (SSSR count). The molecule has 0 spiro atoms. The molecule has 0 aliphatic carbocycles. The van der Waals surface area contributed by atoms with Crippen molar-refractivity contribution in [3.05, 3.63) is 0 Å². The third kappa shape index (κ3) is 5.22. The van der Waals surface area contributed by atoms with E-state index >= 15 is 0 Å². The minimum Gasteiger partial charge on any atom is -0.390 e. The summed E-state index contributed by atoms with van der Waals surface area (Å²) in [7, 11) is -0.556. The Hall–Kier alpha value is -1.49. The Labute approximate surface area is 106 Å². The van der Waals surface area contributed by atoms with E-state index in [0.29, 0.717) is 30.8 Å². The first-order valence-corrected chi connectivity index (χ1v) is 7.52. The molecule has 1 heterocycles. The van der Waals surface area contributed by atoms with Gasteiger partial charge in [-0.1, -0.05) is 0 Å². The highest BCUT2D eigenvalue weighted by Gasteiger charge is 2.25. The van der Waals surface area contributed by atoms with Gasteiger partial charge < -0.3 is 30.3 Å². The molecule has 102 valence electrons. The minimum atomic E-state index is -3.95. The summed E-state index contributed by atoms with van der Waals surface area (Å²) in [5.74, 6) is 1.22. The maximum Gasteiger partial charge on any atom is 0.492 e. The molecule has 9 nitrogen and oxygen atoms in total. The number of anilines is 3. The summed E-state index contributed by atoms with van der Waals surface area (Å²) in [4.78, 5) is 38.7. The summed E-state index contributed by atoms with van der Waals surface area (Å²) in [5, 5.41) is 8.52. The van der Waals surface area contributed by atoms with Crippen molar-refractivity contribution in [2.45, 2.75) is 12.5 Å². The molecule has 6 N–H and O–H groups in total. The maximum absolute atomic E-state index is 8.84. The van der Waals surface area contributed by atoms with E-state index in [0.717, 1.165) is 0 Å². The van der Waals surface area contributed by atoms with E-state index in [1.54, 1.807) is 14.1 Å². The predicted molar refractivity (Wildman–Crippen MR) is 69.2 cm³/mol. The second-order valence-corrected chi connectivity index (χ2v) is 5.66. The van der Waals surface area contributed by atoms with E-state index in [1.807, 2.05) is 0 Å². The standard InChI is InChI=1S/C8H18N6O3Si/c1-9-6-12-7(10-2)14-8(13-6)11-4-3-5-18(15,16)17/h15-17H,3-5H2,1-2H3,(H3,9,10,11,12,13,14). The Bertz CT molecular complexity index is 363. The summed E-state index contributed by atoms with van der Waals surface area (Å²) in [6.07, 6.45) is 0.408. The fourth-order valence-corrected chi connectivity index (χ4v) is 1.86. The number of nitrogens with one attached hydrogen (secondary N) is 3. The van der Waals surface area contributed by atoms with Gasteiger partial charge >= 0.3 is 8.80 Å². The van der Waals surface area contributed by atoms with Crippen molar-refractivity contribution in [2.24, 2.45) is 0 Å². The monoisotopic (exact) mass is 274 g/mol. The smallest absolute Gasteiger partial charge is 0.390 e. The minimum absolute atomic E-state index is 0.0249. The number of nitrogens with zero attached hydrogens (tertiary/aromatic N) is 3. The van der Waals surface area contributed by atoms with Crippen LogP contribution in [0.1, 0.15) is 6.42 Å². The Morgan fingerprint density at radius 1 is 0.944 bits per heavy atom. The maximum atomic E-state index is 8.84. The summed E-state index contributed by atoms with van der Waals surface area (Å²) < 4.78 is 0. The fraction of sp³-hybridized carbons (Fsp3) is 0.625. The molecule has 1 aromatic heterocycles. The SMILES string of the molecule is CNc1nc(NC)nc(NCCC[Si](O)(O)O)n1. The Morgan fingerprint density at radius 2 is 1.44 bits per heavy atom. The zero-order valence-corrected chi connectivity index (χ0v) is 11.3. The average Bonchev–Trinajstić information content (AvgIpc) is 2.33. The molecular formula is C8H18N6O3Si. The van der Waals surface area contributed by atoms with Crippen molar-refractivity contribution in [3.8, 4) is 0 Å². The molecule has 0 aromatic carbocycles. The quantitative estimate of drug-likeness (QED) is 0.264. The van der Waals surface area contributed by atoms with E-state index in [9.17, 15) is 0 Å². The van der Waals surface area contributed by atoms with Crippen molar-refractivity contribution < 1.29 is 14.4 Å². The third-order valence-corrected chi connectivity index (χ3v) is 3.08. The molecule has 18 heavy (non-hydrogen) atoms. The highest BCUT2D eigenvalue weighted by atomic mass is 28.4. The van der Waals surface area contributed by atoms with Crippen LogP contribution in [0.4, 0.5) is 17.8 Å². The summed E-state index contributed by atoms with van der Waals surface area (Å²) in [6.45, 7) is 0.423. The van der Waals surface area contributed by atoms with E-state index < -0.39 is 8.80 Å². The Morgan fingerprint density at radius 3 is 1.89 bits per heavy atom. The number of aromatic nitrogens is 3. The lowest BCUT2D eigenvalue weighted by Crippen LogP contribution is -2.34. The number of rotatable bonds is 7. The van der Waals surface area contributed by atoms with Gasteiger partial charge in [0.2, 0.25) is 17.8 Å². The van der Waals surface area contributed by atoms with Gasteiger partial charge in [-0.25, -0.2) is 0 Å².